The largest absolute Gasteiger partial charge is 0.367 e. The van der Waals surface area contributed by atoms with Gasteiger partial charge in [-0.25, -0.2) is 23.4 Å². The average molecular weight is 634 g/mol. The number of aryl methyl sites for hydroxylation is 1. The number of hydrogen-bond donors (Lipinski definition) is 2. The van der Waals surface area contributed by atoms with Crippen molar-refractivity contribution in [3.05, 3.63) is 70.9 Å². The van der Waals surface area contributed by atoms with Gasteiger partial charge in [-0.15, -0.1) is 0 Å². The fourth-order valence-electron chi connectivity index (χ4n) is 5.99. The summed E-state index contributed by atoms with van der Waals surface area (Å²) >= 11 is 0. The molecule has 2 saturated heterocycles. The number of pyridine rings is 2. The Morgan fingerprint density at radius 3 is 2.78 bits per heavy atom. The summed E-state index contributed by atoms with van der Waals surface area (Å²) in [5.41, 5.74) is 2.38. The molecule has 0 radical (unpaired) electrons. The summed E-state index contributed by atoms with van der Waals surface area (Å²) in [5, 5.41) is 5.31. The van der Waals surface area contributed by atoms with E-state index in [1.54, 1.807) is 31.7 Å². The Kier molecular flexibility index (Phi) is 9.13. The summed E-state index contributed by atoms with van der Waals surface area (Å²) in [6, 6.07) is 9.33. The zero-order chi connectivity index (χ0) is 31.6. The molecule has 2 N–H and O–H groups in total. The van der Waals surface area contributed by atoms with E-state index in [1.165, 1.54) is 16.6 Å². The maximum Gasteiger partial charge on any atom is 0.211 e. The van der Waals surface area contributed by atoms with E-state index < -0.39 is 10.0 Å². The number of nitrogens with one attached hydrogen (secondary N) is 2. The minimum atomic E-state index is -3.29. The van der Waals surface area contributed by atoms with Gasteiger partial charge in [-0.1, -0.05) is 6.07 Å². The van der Waals surface area contributed by atoms with E-state index in [1.807, 2.05) is 19.2 Å². The van der Waals surface area contributed by atoms with Crippen molar-refractivity contribution in [3.8, 4) is 11.4 Å². The van der Waals surface area contributed by atoms with Crippen LogP contribution >= 0.6 is 0 Å². The number of aromatic nitrogens is 4. The predicted octanol–water partition coefficient (Wildman–Crippen LogP) is 4.07. The smallest absolute Gasteiger partial charge is 0.211 e. The molecule has 3 atom stereocenters. The van der Waals surface area contributed by atoms with Gasteiger partial charge in [0.05, 0.1) is 24.5 Å². The molecule has 3 aromatic heterocycles. The molecule has 6 rings (SSSR count). The lowest BCUT2D eigenvalue weighted by Crippen LogP contribution is -2.65. The Morgan fingerprint density at radius 2 is 2.02 bits per heavy atom. The van der Waals surface area contributed by atoms with E-state index in [2.05, 4.69) is 37.3 Å². The fraction of sp³-hybridized carbons (Fsp3) is 0.438. The highest BCUT2D eigenvalue weighted by atomic mass is 32.2. The number of benzene rings is 1. The van der Waals surface area contributed by atoms with Gasteiger partial charge >= 0.3 is 0 Å². The molecule has 0 saturated carbocycles. The van der Waals surface area contributed by atoms with Gasteiger partial charge in [-0.3, -0.25) is 4.79 Å². The number of fused-ring (bicyclic) bond motifs is 1. The van der Waals surface area contributed by atoms with Gasteiger partial charge in [0.2, 0.25) is 10.0 Å². The highest BCUT2D eigenvalue weighted by Crippen LogP contribution is 2.37. The number of anilines is 3. The molecule has 13 heteroatoms. The molecule has 0 spiro atoms. The molecule has 45 heavy (non-hydrogen) atoms. The molecule has 12 nitrogen and oxygen atoms in total. The summed E-state index contributed by atoms with van der Waals surface area (Å²) in [6.07, 6.45) is 12.5. The number of rotatable bonds is 11. The van der Waals surface area contributed by atoms with E-state index in [4.69, 9.17) is 14.5 Å². The van der Waals surface area contributed by atoms with Gasteiger partial charge in [0, 0.05) is 68.2 Å². The number of aromatic amines is 1. The molecular formula is C32H39N7O5S. The van der Waals surface area contributed by atoms with Crippen molar-refractivity contribution in [1.29, 1.82) is 0 Å². The third-order valence-corrected chi connectivity index (χ3v) is 10.0. The molecular weight excluding hydrogens is 594 g/mol. The van der Waals surface area contributed by atoms with Crippen LogP contribution in [0.5, 0.6) is 0 Å². The third kappa shape index (κ3) is 6.86. The van der Waals surface area contributed by atoms with Crippen molar-refractivity contribution in [2.24, 2.45) is 0 Å². The lowest BCUT2D eigenvalue weighted by Gasteiger charge is -2.51. The number of nitrogens with zero attached hydrogens (tertiary/aromatic N) is 5. The molecule has 2 aliphatic heterocycles. The fourth-order valence-corrected chi connectivity index (χ4v) is 6.73. The Morgan fingerprint density at radius 1 is 1.16 bits per heavy atom. The lowest BCUT2D eigenvalue weighted by atomic mass is 9.94. The zero-order valence-electron chi connectivity index (χ0n) is 25.8. The standard InChI is InChI=1S/C32H39N7O5S/c1-21-27(38(2)45(3,41)42)20-39(21)26-10-9-22(7-6-16-44-31-8-4-5-15-43-31)23-17-30(35-19-24(23)26)36-29-12-14-34-32(37-29)25-18-33-13-11-28(25)40/h9-14,17-19,21,27,31H,4-8,15-16,20H2,1-3H3,(H,33,40)(H,34,35,36,37)/t21-,27+,31?/m1/s1. The van der Waals surface area contributed by atoms with Crippen LogP contribution in [-0.4, -0.2) is 84.1 Å². The summed E-state index contributed by atoms with van der Waals surface area (Å²) in [7, 11) is -1.65. The number of hydrogen-bond acceptors (Lipinski definition) is 10. The SMILES string of the molecule is C[C@@H]1[C@@H](N(C)S(C)(=O)=O)CN1c1ccc(CCCOC2CCCCO2)c2cc(Nc3ccnc(-c4c[nH]ccc4=O)n3)ncc12. The first-order valence-electron chi connectivity index (χ1n) is 15.3. The first-order valence-corrected chi connectivity index (χ1v) is 17.2. The maximum atomic E-state index is 12.3. The summed E-state index contributed by atoms with van der Waals surface area (Å²) in [6.45, 7) is 4.00. The second-order valence-electron chi connectivity index (χ2n) is 11.7. The molecule has 4 aromatic rings. The minimum Gasteiger partial charge on any atom is -0.367 e. The number of likely N-dealkylation sites (N-methyl/N-ethyl adjacent to an activating group) is 1. The van der Waals surface area contributed by atoms with Crippen molar-refractivity contribution in [3.63, 3.8) is 0 Å². The quantitative estimate of drug-likeness (QED) is 0.232. The second kappa shape index (κ2) is 13.2. The van der Waals surface area contributed by atoms with E-state index in [0.29, 0.717) is 36.2 Å². The van der Waals surface area contributed by atoms with Gasteiger partial charge in [0.15, 0.2) is 17.5 Å². The van der Waals surface area contributed by atoms with Crippen molar-refractivity contribution in [2.75, 3.05) is 43.3 Å². The van der Waals surface area contributed by atoms with E-state index in [0.717, 1.165) is 60.7 Å². The van der Waals surface area contributed by atoms with Crippen LogP contribution in [0, 0.1) is 0 Å². The van der Waals surface area contributed by atoms with Crippen LogP contribution < -0.4 is 15.6 Å². The van der Waals surface area contributed by atoms with Crippen molar-refractivity contribution in [2.45, 2.75) is 57.4 Å². The van der Waals surface area contributed by atoms with Crippen LogP contribution in [0.4, 0.5) is 17.3 Å². The molecule has 2 aliphatic rings. The molecule has 5 heterocycles. The molecule has 1 unspecified atom stereocenters. The van der Waals surface area contributed by atoms with Crippen LogP contribution in [0.3, 0.4) is 0 Å². The van der Waals surface area contributed by atoms with Crippen LogP contribution in [0.2, 0.25) is 0 Å². The van der Waals surface area contributed by atoms with Crippen molar-refractivity contribution >= 4 is 38.1 Å². The van der Waals surface area contributed by atoms with Gasteiger partial charge in [-0.2, -0.15) is 4.31 Å². The van der Waals surface area contributed by atoms with Crippen LogP contribution in [-0.2, 0) is 25.9 Å². The molecule has 0 bridgehead atoms. The number of H-pyrrole nitrogens is 1. The summed E-state index contributed by atoms with van der Waals surface area (Å²) < 4.78 is 37.5. The van der Waals surface area contributed by atoms with E-state index in [9.17, 15) is 13.2 Å². The lowest BCUT2D eigenvalue weighted by molar-refractivity contribution is -0.162. The second-order valence-corrected chi connectivity index (χ2v) is 13.7. The first kappa shape index (κ1) is 31.1. The van der Waals surface area contributed by atoms with Crippen molar-refractivity contribution < 1.29 is 17.9 Å². The van der Waals surface area contributed by atoms with E-state index >= 15 is 0 Å². The van der Waals surface area contributed by atoms with Gasteiger partial charge in [0.1, 0.15) is 11.6 Å². The minimum absolute atomic E-state index is 0.000969. The van der Waals surface area contributed by atoms with Crippen molar-refractivity contribution in [1.82, 2.24) is 24.2 Å². The molecule has 2 fully saturated rings. The van der Waals surface area contributed by atoms with Gasteiger partial charge in [-0.05, 0) is 68.2 Å². The monoisotopic (exact) mass is 633 g/mol. The van der Waals surface area contributed by atoms with Gasteiger partial charge in [0.25, 0.3) is 0 Å². The Hall–Kier alpha value is -3.91. The highest BCUT2D eigenvalue weighted by molar-refractivity contribution is 7.88. The van der Waals surface area contributed by atoms with E-state index in [-0.39, 0.29) is 23.8 Å². The van der Waals surface area contributed by atoms with Crippen LogP contribution in [0.25, 0.3) is 22.2 Å². The predicted molar refractivity (Wildman–Crippen MR) is 174 cm³/mol. The first-order chi connectivity index (χ1) is 21.7. The molecule has 0 amide bonds. The molecule has 238 valence electrons. The molecule has 0 aliphatic carbocycles. The highest BCUT2D eigenvalue weighted by Gasteiger charge is 2.41. The van der Waals surface area contributed by atoms with Crippen LogP contribution in [0.1, 0.15) is 38.2 Å². The van der Waals surface area contributed by atoms with Gasteiger partial charge < -0.3 is 24.7 Å². The average Bonchev–Trinajstić information content (AvgIpc) is 3.03. The molecule has 1 aromatic carbocycles. The summed E-state index contributed by atoms with van der Waals surface area (Å²) in [5.74, 6) is 1.43. The maximum absolute atomic E-state index is 12.3. The number of sulfonamides is 1. The Labute approximate surface area is 262 Å². The normalized spacial score (nSPS) is 20.4. The van der Waals surface area contributed by atoms with Crippen LogP contribution in [0.15, 0.2) is 59.9 Å². The third-order valence-electron chi connectivity index (χ3n) is 8.71. The summed E-state index contributed by atoms with van der Waals surface area (Å²) in [4.78, 5) is 31.0. The topological polar surface area (TPSA) is 143 Å². The zero-order valence-corrected chi connectivity index (χ0v) is 26.6. The Balaban J connectivity index is 1.27. The number of ether oxygens (including phenoxy) is 2. The Bertz CT molecular complexity index is 1830.